The zero-order valence-corrected chi connectivity index (χ0v) is 11.1. The van der Waals surface area contributed by atoms with Crippen LogP contribution in [0.25, 0.3) is 16.6 Å². The third-order valence-corrected chi connectivity index (χ3v) is 3.90. The second-order valence-electron chi connectivity index (χ2n) is 4.32. The Morgan fingerprint density at radius 1 is 0.944 bits per heavy atom. The number of nitrogens with zero attached hydrogens (tertiary/aromatic N) is 2. The van der Waals surface area contributed by atoms with Crippen LogP contribution in [0.2, 0.25) is 0 Å². The molecule has 1 aliphatic heterocycles. The lowest BCUT2D eigenvalue weighted by atomic mass is 10.1. The van der Waals surface area contributed by atoms with Crippen molar-refractivity contribution in [2.24, 2.45) is 4.99 Å². The van der Waals surface area contributed by atoms with Crippen LogP contribution in [-0.4, -0.2) is 9.19 Å². The van der Waals surface area contributed by atoms with Gasteiger partial charge < -0.3 is 4.57 Å². The third-order valence-electron chi connectivity index (χ3n) is 3.29. The highest BCUT2D eigenvalue weighted by molar-refractivity contribution is 9.18. The van der Waals surface area contributed by atoms with Crippen molar-refractivity contribution in [1.82, 2.24) is 4.57 Å². The summed E-state index contributed by atoms with van der Waals surface area (Å²) in [4.78, 5) is 4.66. The lowest BCUT2D eigenvalue weighted by molar-refractivity contribution is 1.13. The molecule has 2 heterocycles. The highest BCUT2D eigenvalue weighted by Gasteiger charge is 2.16. The highest BCUT2D eigenvalue weighted by atomic mass is 79.9. The van der Waals surface area contributed by atoms with Crippen LogP contribution < -0.4 is 0 Å². The molecule has 0 radical (unpaired) electrons. The molecule has 0 fully saturated rings. The zero-order chi connectivity index (χ0) is 12.1. The van der Waals surface area contributed by atoms with E-state index < -0.39 is 0 Å². The smallest absolute Gasteiger partial charge is 0.116 e. The summed E-state index contributed by atoms with van der Waals surface area (Å²) < 4.78 is 3.09. The zero-order valence-electron chi connectivity index (χ0n) is 9.47. The van der Waals surface area contributed by atoms with Crippen molar-refractivity contribution in [3.8, 4) is 5.69 Å². The molecule has 18 heavy (non-hydrogen) atoms. The van der Waals surface area contributed by atoms with Gasteiger partial charge in [0.05, 0.1) is 16.9 Å². The molecule has 0 atom stereocenters. The fourth-order valence-electron chi connectivity index (χ4n) is 2.49. The Balaban J connectivity index is 2.26. The highest BCUT2D eigenvalue weighted by Crippen LogP contribution is 2.34. The van der Waals surface area contributed by atoms with E-state index >= 15 is 0 Å². The minimum absolute atomic E-state index is 0.887. The molecular formula is C15H9BrN2. The monoisotopic (exact) mass is 296 g/mol. The number of fused-ring (bicyclic) bond motifs is 2. The Morgan fingerprint density at radius 3 is 2.78 bits per heavy atom. The SMILES string of the molecule is BrC1=Nc2ccccc2-n2ccc3cccc1c32. The summed E-state index contributed by atoms with van der Waals surface area (Å²) in [5, 5.41) is 1.23. The van der Waals surface area contributed by atoms with Gasteiger partial charge in [0, 0.05) is 17.1 Å². The topological polar surface area (TPSA) is 17.3 Å². The van der Waals surface area contributed by atoms with Crippen LogP contribution >= 0.6 is 15.9 Å². The molecule has 0 saturated carbocycles. The molecule has 2 nitrogen and oxygen atoms in total. The Labute approximate surface area is 113 Å². The van der Waals surface area contributed by atoms with Crippen molar-refractivity contribution >= 4 is 37.1 Å². The molecule has 0 amide bonds. The quantitative estimate of drug-likeness (QED) is 0.584. The van der Waals surface area contributed by atoms with Crippen LogP contribution in [0, 0.1) is 0 Å². The van der Waals surface area contributed by atoms with Gasteiger partial charge in [-0.05, 0) is 34.1 Å². The first-order valence-corrected chi connectivity index (χ1v) is 6.58. The lowest BCUT2D eigenvalue weighted by Gasteiger charge is -2.06. The van der Waals surface area contributed by atoms with Gasteiger partial charge in [-0.1, -0.05) is 30.3 Å². The standard InChI is InChI=1S/C15H9BrN2/c16-15-11-5-3-4-10-8-9-18(14(10)11)13-7-2-1-6-12(13)17-15/h1-9H. The van der Waals surface area contributed by atoms with Crippen molar-refractivity contribution in [2.75, 3.05) is 0 Å². The molecule has 0 spiro atoms. The maximum atomic E-state index is 4.66. The van der Waals surface area contributed by atoms with E-state index in [1.165, 1.54) is 10.9 Å². The first kappa shape index (κ1) is 10.1. The van der Waals surface area contributed by atoms with Gasteiger partial charge in [0.2, 0.25) is 0 Å². The molecule has 1 aromatic heterocycles. The van der Waals surface area contributed by atoms with Crippen molar-refractivity contribution < 1.29 is 0 Å². The van der Waals surface area contributed by atoms with E-state index in [1.54, 1.807) is 0 Å². The number of benzene rings is 2. The molecule has 0 N–H and O–H groups in total. The first-order chi connectivity index (χ1) is 8.84. The maximum absolute atomic E-state index is 4.66. The fraction of sp³-hybridized carbons (Fsp3) is 0. The van der Waals surface area contributed by atoms with Crippen LogP contribution in [0.1, 0.15) is 5.56 Å². The van der Waals surface area contributed by atoms with Crippen molar-refractivity contribution in [3.63, 3.8) is 0 Å². The Kier molecular flexibility index (Phi) is 2.00. The molecule has 0 saturated heterocycles. The molecule has 0 unspecified atom stereocenters. The molecule has 4 rings (SSSR count). The molecule has 3 aromatic rings. The van der Waals surface area contributed by atoms with E-state index in [9.17, 15) is 0 Å². The summed E-state index contributed by atoms with van der Waals surface area (Å²) in [6.07, 6.45) is 2.11. The third kappa shape index (κ3) is 1.25. The summed E-state index contributed by atoms with van der Waals surface area (Å²) in [7, 11) is 0. The van der Waals surface area contributed by atoms with E-state index in [0.29, 0.717) is 0 Å². The Bertz CT molecular complexity index is 799. The molecular weight excluding hydrogens is 288 g/mol. The average Bonchev–Trinajstić information content (AvgIpc) is 2.77. The van der Waals surface area contributed by atoms with Crippen LogP contribution in [0.15, 0.2) is 59.7 Å². The normalized spacial score (nSPS) is 13.1. The van der Waals surface area contributed by atoms with E-state index in [2.05, 4.69) is 62.0 Å². The van der Waals surface area contributed by atoms with Gasteiger partial charge in [-0.25, -0.2) is 4.99 Å². The van der Waals surface area contributed by atoms with E-state index in [1.807, 2.05) is 18.2 Å². The number of hydrogen-bond donors (Lipinski definition) is 0. The van der Waals surface area contributed by atoms with Crippen molar-refractivity contribution in [1.29, 1.82) is 0 Å². The summed E-state index contributed by atoms with van der Waals surface area (Å²) >= 11 is 3.59. The summed E-state index contributed by atoms with van der Waals surface area (Å²) in [5.74, 6) is 0. The van der Waals surface area contributed by atoms with Crippen LogP contribution in [0.3, 0.4) is 0 Å². The van der Waals surface area contributed by atoms with Crippen LogP contribution in [0.5, 0.6) is 0 Å². The second kappa shape index (κ2) is 3.56. The molecule has 0 bridgehead atoms. The molecule has 3 heteroatoms. The number of aliphatic imine (C=N–C) groups is 1. The summed E-state index contributed by atoms with van der Waals surface area (Å²) in [6.45, 7) is 0. The molecule has 2 aromatic carbocycles. The molecule has 0 aliphatic carbocycles. The minimum atomic E-state index is 0.887. The van der Waals surface area contributed by atoms with Crippen molar-refractivity contribution in [3.05, 3.63) is 60.3 Å². The summed E-state index contributed by atoms with van der Waals surface area (Å²) in [6, 6.07) is 16.6. The van der Waals surface area contributed by atoms with Gasteiger partial charge in [-0.15, -0.1) is 0 Å². The fourth-order valence-corrected chi connectivity index (χ4v) is 3.00. The summed E-state index contributed by atoms with van der Waals surface area (Å²) in [5.41, 5.74) is 4.44. The van der Waals surface area contributed by atoms with Gasteiger partial charge in [-0.2, -0.15) is 0 Å². The maximum Gasteiger partial charge on any atom is 0.116 e. The largest absolute Gasteiger partial charge is 0.314 e. The second-order valence-corrected chi connectivity index (χ2v) is 5.07. The number of aromatic nitrogens is 1. The lowest BCUT2D eigenvalue weighted by Crippen LogP contribution is -1.94. The number of para-hydroxylation sites is 3. The van der Waals surface area contributed by atoms with E-state index in [4.69, 9.17) is 0 Å². The molecule has 86 valence electrons. The minimum Gasteiger partial charge on any atom is -0.314 e. The van der Waals surface area contributed by atoms with E-state index in [-0.39, 0.29) is 0 Å². The van der Waals surface area contributed by atoms with Crippen LogP contribution in [0.4, 0.5) is 5.69 Å². The number of hydrogen-bond acceptors (Lipinski definition) is 1. The predicted molar refractivity (Wildman–Crippen MR) is 78.4 cm³/mol. The Morgan fingerprint density at radius 2 is 1.83 bits per heavy atom. The number of rotatable bonds is 0. The van der Waals surface area contributed by atoms with Gasteiger partial charge in [0.25, 0.3) is 0 Å². The van der Waals surface area contributed by atoms with Gasteiger partial charge >= 0.3 is 0 Å². The van der Waals surface area contributed by atoms with Crippen LogP contribution in [-0.2, 0) is 0 Å². The Hall–Kier alpha value is -1.87. The number of halogens is 1. The predicted octanol–water partition coefficient (Wildman–Crippen LogP) is 4.42. The molecule has 1 aliphatic rings. The van der Waals surface area contributed by atoms with Gasteiger partial charge in [0.15, 0.2) is 0 Å². The average molecular weight is 297 g/mol. The van der Waals surface area contributed by atoms with E-state index in [0.717, 1.165) is 21.6 Å². The van der Waals surface area contributed by atoms with Gasteiger partial charge in [0.1, 0.15) is 4.62 Å². The van der Waals surface area contributed by atoms with Crippen molar-refractivity contribution in [2.45, 2.75) is 0 Å². The van der Waals surface area contributed by atoms with Gasteiger partial charge in [-0.3, -0.25) is 0 Å². The first-order valence-electron chi connectivity index (χ1n) is 5.78.